The fraction of sp³-hybridized carbons (Fsp3) is 0.571. The number of rotatable bonds is 2. The van der Waals surface area contributed by atoms with Crippen LogP contribution in [0.3, 0.4) is 0 Å². The molecule has 0 spiro atoms. The van der Waals surface area contributed by atoms with E-state index < -0.39 is 12.2 Å². The molecule has 1 fully saturated rings. The Morgan fingerprint density at radius 2 is 2.45 bits per heavy atom. The zero-order valence-corrected chi connectivity index (χ0v) is 6.10. The fourth-order valence-corrected chi connectivity index (χ4v) is 1.20. The molecular formula is C7H11NO3. The van der Waals surface area contributed by atoms with Crippen molar-refractivity contribution >= 4 is 6.09 Å². The summed E-state index contributed by atoms with van der Waals surface area (Å²) in [7, 11) is 0. The van der Waals surface area contributed by atoms with Crippen molar-refractivity contribution in [2.45, 2.75) is 18.6 Å². The quantitative estimate of drug-likeness (QED) is 0.566. The van der Waals surface area contributed by atoms with E-state index >= 15 is 0 Å². The minimum atomic E-state index is -0.970. The maximum absolute atomic E-state index is 10.4. The first-order valence-electron chi connectivity index (χ1n) is 3.45. The van der Waals surface area contributed by atoms with Crippen molar-refractivity contribution in [3.05, 3.63) is 12.7 Å². The number of β-amino-alcohol motifs (C(OH)–C–C–N with tert-alkyl or cyclic N) is 1. The van der Waals surface area contributed by atoms with Gasteiger partial charge in [0.1, 0.15) is 0 Å². The molecule has 1 rings (SSSR count). The molecule has 0 aliphatic carbocycles. The van der Waals surface area contributed by atoms with Gasteiger partial charge in [-0.3, -0.25) is 4.90 Å². The van der Waals surface area contributed by atoms with Crippen molar-refractivity contribution in [2.24, 2.45) is 0 Å². The van der Waals surface area contributed by atoms with Gasteiger partial charge in [0.2, 0.25) is 0 Å². The molecule has 2 atom stereocenters. The molecule has 11 heavy (non-hydrogen) atoms. The molecule has 4 nitrogen and oxygen atoms in total. The molecule has 0 aromatic carbocycles. The predicted octanol–water partition coefficient (Wildman–Crippen LogP) is 0.286. The van der Waals surface area contributed by atoms with Gasteiger partial charge < -0.3 is 10.2 Å². The summed E-state index contributed by atoms with van der Waals surface area (Å²) in [6, 6.07) is -0.273. The first kappa shape index (κ1) is 8.07. The lowest BCUT2D eigenvalue weighted by molar-refractivity contribution is -0.0445. The lowest BCUT2D eigenvalue weighted by atomic mass is 9.97. The lowest BCUT2D eigenvalue weighted by Gasteiger charge is -2.42. The third-order valence-corrected chi connectivity index (χ3v) is 1.88. The minimum absolute atomic E-state index is 0.230. The smallest absolute Gasteiger partial charge is 0.407 e. The summed E-state index contributed by atoms with van der Waals surface area (Å²) in [6.07, 6.45) is 0.655. The Hall–Kier alpha value is -1.03. The van der Waals surface area contributed by atoms with Gasteiger partial charge in [0, 0.05) is 0 Å². The van der Waals surface area contributed by atoms with E-state index in [4.69, 9.17) is 10.2 Å². The van der Waals surface area contributed by atoms with E-state index in [0.29, 0.717) is 6.42 Å². The van der Waals surface area contributed by atoms with Crippen molar-refractivity contribution in [3.8, 4) is 0 Å². The fourth-order valence-electron chi connectivity index (χ4n) is 1.20. The standard InChI is InChI=1S/C7H11NO3/c1-2-3-5-6(9)4-8(5)7(10)11/h2,5-6,9H,1,3-4H2,(H,10,11)/t5?,6-/m0/s1. The molecule has 0 radical (unpaired) electrons. The highest BCUT2D eigenvalue weighted by atomic mass is 16.4. The summed E-state index contributed by atoms with van der Waals surface area (Å²) in [5.74, 6) is 0. The van der Waals surface area contributed by atoms with Crippen LogP contribution >= 0.6 is 0 Å². The van der Waals surface area contributed by atoms with Crippen LogP contribution in [-0.4, -0.2) is 39.9 Å². The van der Waals surface area contributed by atoms with E-state index in [9.17, 15) is 4.79 Å². The molecule has 1 aliphatic heterocycles. The average Bonchev–Trinajstić information content (AvgIpc) is 1.95. The number of aliphatic hydroxyl groups excluding tert-OH is 1. The van der Waals surface area contributed by atoms with Crippen LogP contribution in [0, 0.1) is 0 Å². The summed E-state index contributed by atoms with van der Waals surface area (Å²) in [6.45, 7) is 3.71. The molecule has 1 saturated heterocycles. The number of carbonyl (C=O) groups is 1. The second-order valence-corrected chi connectivity index (χ2v) is 2.59. The van der Waals surface area contributed by atoms with E-state index in [2.05, 4.69) is 6.58 Å². The SMILES string of the molecule is C=CCC1[C@@H](O)CN1C(=O)O. The third kappa shape index (κ3) is 1.35. The van der Waals surface area contributed by atoms with Gasteiger partial charge in [-0.05, 0) is 6.42 Å². The average molecular weight is 157 g/mol. The number of nitrogens with zero attached hydrogens (tertiary/aromatic N) is 1. The zero-order valence-electron chi connectivity index (χ0n) is 6.10. The van der Waals surface area contributed by atoms with Crippen LogP contribution in [0.25, 0.3) is 0 Å². The number of hydrogen-bond acceptors (Lipinski definition) is 2. The Morgan fingerprint density at radius 1 is 1.82 bits per heavy atom. The second kappa shape index (κ2) is 2.92. The monoisotopic (exact) mass is 157 g/mol. The Kier molecular flexibility index (Phi) is 2.14. The summed E-state index contributed by atoms with van der Waals surface area (Å²) in [4.78, 5) is 11.6. The van der Waals surface area contributed by atoms with Gasteiger partial charge in [-0.1, -0.05) is 6.08 Å². The Bertz CT molecular complexity index is 181. The van der Waals surface area contributed by atoms with Crippen molar-refractivity contribution in [2.75, 3.05) is 6.54 Å². The molecule has 1 amide bonds. The zero-order chi connectivity index (χ0) is 8.43. The molecule has 0 saturated carbocycles. The van der Waals surface area contributed by atoms with Gasteiger partial charge in [-0.15, -0.1) is 6.58 Å². The molecule has 0 bridgehead atoms. The summed E-state index contributed by atoms with van der Waals surface area (Å²) < 4.78 is 0. The van der Waals surface area contributed by atoms with E-state index in [1.807, 2.05) is 0 Å². The van der Waals surface area contributed by atoms with Gasteiger partial charge in [-0.2, -0.15) is 0 Å². The second-order valence-electron chi connectivity index (χ2n) is 2.59. The van der Waals surface area contributed by atoms with Crippen LogP contribution in [-0.2, 0) is 0 Å². The number of aliphatic hydroxyl groups is 1. The highest BCUT2D eigenvalue weighted by Gasteiger charge is 2.39. The maximum Gasteiger partial charge on any atom is 0.407 e. The number of hydrogen-bond donors (Lipinski definition) is 2. The van der Waals surface area contributed by atoms with Gasteiger partial charge in [-0.25, -0.2) is 4.79 Å². The van der Waals surface area contributed by atoms with Gasteiger partial charge in [0.15, 0.2) is 0 Å². The molecule has 4 heteroatoms. The van der Waals surface area contributed by atoms with E-state index in [0.717, 1.165) is 0 Å². The summed E-state index contributed by atoms with van der Waals surface area (Å²) in [5, 5.41) is 17.6. The molecule has 0 aromatic heterocycles. The van der Waals surface area contributed by atoms with E-state index in [-0.39, 0.29) is 12.6 Å². The van der Waals surface area contributed by atoms with Crippen LogP contribution in [0.1, 0.15) is 6.42 Å². The summed E-state index contributed by atoms with van der Waals surface area (Å²) >= 11 is 0. The Labute approximate surface area is 64.7 Å². The van der Waals surface area contributed by atoms with Crippen LogP contribution in [0.15, 0.2) is 12.7 Å². The highest BCUT2D eigenvalue weighted by molar-refractivity contribution is 5.67. The molecule has 2 N–H and O–H groups in total. The largest absolute Gasteiger partial charge is 0.465 e. The van der Waals surface area contributed by atoms with Crippen molar-refractivity contribution in [3.63, 3.8) is 0 Å². The van der Waals surface area contributed by atoms with Gasteiger partial charge in [0.05, 0.1) is 18.7 Å². The van der Waals surface area contributed by atoms with E-state index in [1.54, 1.807) is 6.08 Å². The molecule has 62 valence electrons. The number of amides is 1. The van der Waals surface area contributed by atoms with Gasteiger partial charge >= 0.3 is 6.09 Å². The molecule has 1 heterocycles. The lowest BCUT2D eigenvalue weighted by Crippen LogP contribution is -2.61. The third-order valence-electron chi connectivity index (χ3n) is 1.88. The minimum Gasteiger partial charge on any atom is -0.465 e. The van der Waals surface area contributed by atoms with Crippen molar-refractivity contribution < 1.29 is 15.0 Å². The molecule has 1 unspecified atom stereocenters. The van der Waals surface area contributed by atoms with Crippen LogP contribution < -0.4 is 0 Å². The molecule has 0 aromatic rings. The van der Waals surface area contributed by atoms with E-state index in [1.165, 1.54) is 4.90 Å². The number of likely N-dealkylation sites (tertiary alicyclic amines) is 1. The van der Waals surface area contributed by atoms with Crippen molar-refractivity contribution in [1.29, 1.82) is 0 Å². The first-order valence-corrected chi connectivity index (χ1v) is 3.45. The Balaban J connectivity index is 2.47. The summed E-state index contributed by atoms with van der Waals surface area (Å²) in [5.41, 5.74) is 0. The van der Waals surface area contributed by atoms with Crippen LogP contribution in [0.2, 0.25) is 0 Å². The highest BCUT2D eigenvalue weighted by Crippen LogP contribution is 2.21. The number of carboxylic acid groups (broad SMARTS) is 1. The van der Waals surface area contributed by atoms with Crippen LogP contribution in [0.5, 0.6) is 0 Å². The topological polar surface area (TPSA) is 60.8 Å². The maximum atomic E-state index is 10.4. The van der Waals surface area contributed by atoms with Crippen molar-refractivity contribution in [1.82, 2.24) is 4.90 Å². The molecular weight excluding hydrogens is 146 g/mol. The normalized spacial score (nSPS) is 29.4. The first-order chi connectivity index (χ1) is 5.16. The molecule has 1 aliphatic rings. The van der Waals surface area contributed by atoms with Crippen LogP contribution in [0.4, 0.5) is 4.79 Å². The predicted molar refractivity (Wildman–Crippen MR) is 39.3 cm³/mol. The Morgan fingerprint density at radius 3 is 2.82 bits per heavy atom. The van der Waals surface area contributed by atoms with Gasteiger partial charge in [0.25, 0.3) is 0 Å².